The minimum Gasteiger partial charge on any atom is -0.491 e. The maximum Gasteiger partial charge on any atom is 0.125 e. The van der Waals surface area contributed by atoms with Gasteiger partial charge in [0.1, 0.15) is 18.5 Å². The molecule has 22 heavy (non-hydrogen) atoms. The number of nitrogens with one attached hydrogen (secondary N) is 1. The molecule has 2 N–H and O–H groups in total. The highest BCUT2D eigenvalue weighted by Gasteiger charge is 2.32. The highest BCUT2D eigenvalue weighted by molar-refractivity contribution is 5.43. The average molecular weight is 303 g/mol. The highest BCUT2D eigenvalue weighted by Crippen LogP contribution is 2.36. The lowest BCUT2D eigenvalue weighted by atomic mass is 9.85. The minimum atomic E-state index is -0.473. The summed E-state index contributed by atoms with van der Waals surface area (Å²) in [6.07, 6.45) is 5.91. The Kier molecular flexibility index (Phi) is 4.47. The van der Waals surface area contributed by atoms with Crippen LogP contribution in [0, 0.1) is 0 Å². The van der Waals surface area contributed by atoms with Crippen LogP contribution in [0.3, 0.4) is 0 Å². The van der Waals surface area contributed by atoms with E-state index in [2.05, 4.69) is 38.2 Å². The van der Waals surface area contributed by atoms with Crippen LogP contribution in [0.15, 0.2) is 18.2 Å². The summed E-state index contributed by atoms with van der Waals surface area (Å²) in [5.41, 5.74) is 2.27. The van der Waals surface area contributed by atoms with Gasteiger partial charge in [-0.05, 0) is 29.9 Å². The van der Waals surface area contributed by atoms with E-state index >= 15 is 0 Å². The van der Waals surface area contributed by atoms with E-state index in [-0.39, 0.29) is 11.5 Å². The van der Waals surface area contributed by atoms with Crippen molar-refractivity contribution in [1.82, 2.24) is 5.32 Å². The zero-order valence-corrected chi connectivity index (χ0v) is 14.1. The van der Waals surface area contributed by atoms with E-state index < -0.39 is 6.10 Å². The Hall–Kier alpha value is -1.06. The Morgan fingerprint density at radius 2 is 1.86 bits per heavy atom. The minimum absolute atomic E-state index is 0.0103. The molecule has 1 aliphatic heterocycles. The van der Waals surface area contributed by atoms with E-state index in [4.69, 9.17) is 4.74 Å². The van der Waals surface area contributed by atoms with Crippen LogP contribution in [-0.2, 0) is 5.41 Å². The van der Waals surface area contributed by atoms with Crippen molar-refractivity contribution in [2.75, 3.05) is 6.61 Å². The first-order valence-electron chi connectivity index (χ1n) is 8.66. The molecule has 122 valence electrons. The molecule has 0 aromatic heterocycles. The molecule has 1 saturated carbocycles. The quantitative estimate of drug-likeness (QED) is 0.875. The van der Waals surface area contributed by atoms with Crippen LogP contribution in [0.4, 0.5) is 0 Å². The van der Waals surface area contributed by atoms with E-state index in [0.717, 1.165) is 11.3 Å². The van der Waals surface area contributed by atoms with Crippen LogP contribution in [0.25, 0.3) is 0 Å². The van der Waals surface area contributed by atoms with E-state index in [1.165, 1.54) is 37.7 Å². The van der Waals surface area contributed by atoms with Crippen LogP contribution < -0.4 is 10.1 Å². The van der Waals surface area contributed by atoms with Gasteiger partial charge in [-0.25, -0.2) is 0 Å². The molecule has 0 unspecified atom stereocenters. The molecular weight excluding hydrogens is 274 g/mol. The molecule has 3 heteroatoms. The van der Waals surface area contributed by atoms with E-state index in [1.54, 1.807) is 0 Å². The number of aliphatic hydroxyl groups excluding tert-OH is 1. The van der Waals surface area contributed by atoms with Crippen LogP contribution >= 0.6 is 0 Å². The molecule has 0 bridgehead atoms. The standard InChI is InChI=1S/C19H29NO2/c1-19(2,3)13-9-10-15-17(11-13)22-12-16(18(15)21)20-14-7-5-4-6-8-14/h9-11,14,16,18,20-21H,4-8,12H2,1-3H3/t16-,18+/m1/s1. The summed E-state index contributed by atoms with van der Waals surface area (Å²) in [4.78, 5) is 0. The van der Waals surface area contributed by atoms with Crippen LogP contribution in [0.1, 0.15) is 70.1 Å². The second kappa shape index (κ2) is 6.21. The molecule has 1 aliphatic carbocycles. The lowest BCUT2D eigenvalue weighted by molar-refractivity contribution is 0.0642. The highest BCUT2D eigenvalue weighted by atomic mass is 16.5. The Balaban J connectivity index is 1.73. The van der Waals surface area contributed by atoms with Gasteiger partial charge in [0.15, 0.2) is 0 Å². The first kappa shape index (κ1) is 15.8. The van der Waals surface area contributed by atoms with Crippen molar-refractivity contribution in [2.45, 2.75) is 76.5 Å². The van der Waals surface area contributed by atoms with Crippen LogP contribution in [0.5, 0.6) is 5.75 Å². The van der Waals surface area contributed by atoms with Gasteiger partial charge in [0, 0.05) is 11.6 Å². The van der Waals surface area contributed by atoms with Crippen molar-refractivity contribution in [3.8, 4) is 5.75 Å². The third-order valence-electron chi connectivity index (χ3n) is 5.05. The fourth-order valence-corrected chi connectivity index (χ4v) is 3.57. The molecule has 0 spiro atoms. The van der Waals surface area contributed by atoms with Gasteiger partial charge in [-0.1, -0.05) is 52.2 Å². The summed E-state index contributed by atoms with van der Waals surface area (Å²) in [7, 11) is 0. The smallest absolute Gasteiger partial charge is 0.125 e. The number of rotatable bonds is 2. The lowest BCUT2D eigenvalue weighted by Crippen LogP contribution is -2.48. The van der Waals surface area contributed by atoms with Gasteiger partial charge in [0.2, 0.25) is 0 Å². The number of benzene rings is 1. The first-order valence-corrected chi connectivity index (χ1v) is 8.66. The summed E-state index contributed by atoms with van der Waals surface area (Å²) in [5.74, 6) is 0.849. The predicted octanol–water partition coefficient (Wildman–Crippen LogP) is 3.70. The second-order valence-corrected chi connectivity index (χ2v) is 7.87. The molecule has 1 heterocycles. The van der Waals surface area contributed by atoms with Crippen molar-refractivity contribution in [3.63, 3.8) is 0 Å². The Bertz CT molecular complexity index is 515. The summed E-state index contributed by atoms with van der Waals surface area (Å²) < 4.78 is 5.96. The van der Waals surface area contributed by atoms with Gasteiger partial charge in [-0.2, -0.15) is 0 Å². The fourth-order valence-electron chi connectivity index (χ4n) is 3.57. The maximum absolute atomic E-state index is 10.7. The molecular formula is C19H29NO2. The molecule has 1 fully saturated rings. The molecule has 0 amide bonds. The SMILES string of the molecule is CC(C)(C)c1ccc2c(c1)OC[C@@H](NC1CCCCC1)[C@H]2O. The zero-order valence-electron chi connectivity index (χ0n) is 14.1. The van der Waals surface area contributed by atoms with Gasteiger partial charge in [-0.3, -0.25) is 0 Å². The van der Waals surface area contributed by atoms with E-state index in [0.29, 0.717) is 12.6 Å². The van der Waals surface area contributed by atoms with Crippen molar-refractivity contribution >= 4 is 0 Å². The number of aliphatic hydroxyl groups is 1. The first-order chi connectivity index (χ1) is 10.4. The predicted molar refractivity (Wildman–Crippen MR) is 89.4 cm³/mol. The largest absolute Gasteiger partial charge is 0.491 e. The third-order valence-corrected chi connectivity index (χ3v) is 5.05. The van der Waals surface area contributed by atoms with Crippen molar-refractivity contribution < 1.29 is 9.84 Å². The molecule has 1 aromatic carbocycles. The topological polar surface area (TPSA) is 41.5 Å². The van der Waals surface area contributed by atoms with Crippen LogP contribution in [-0.4, -0.2) is 23.8 Å². The number of fused-ring (bicyclic) bond motifs is 1. The summed E-state index contributed by atoms with van der Waals surface area (Å²) in [6, 6.07) is 6.79. The number of hydrogen-bond donors (Lipinski definition) is 2. The summed E-state index contributed by atoms with van der Waals surface area (Å²) in [6.45, 7) is 7.14. The zero-order chi connectivity index (χ0) is 15.7. The molecule has 2 aliphatic rings. The molecule has 1 aromatic rings. The molecule has 2 atom stereocenters. The normalized spacial score (nSPS) is 26.4. The Labute approximate surface area is 134 Å². The lowest BCUT2D eigenvalue weighted by Gasteiger charge is -2.35. The monoisotopic (exact) mass is 303 g/mol. The van der Waals surface area contributed by atoms with Gasteiger partial charge >= 0.3 is 0 Å². The van der Waals surface area contributed by atoms with Gasteiger partial charge in [-0.15, -0.1) is 0 Å². The third kappa shape index (κ3) is 3.31. The molecule has 0 saturated heterocycles. The Morgan fingerprint density at radius 3 is 2.55 bits per heavy atom. The molecule has 3 rings (SSSR count). The summed E-state index contributed by atoms with van der Waals surface area (Å²) in [5, 5.41) is 14.3. The molecule has 0 radical (unpaired) electrons. The Morgan fingerprint density at radius 1 is 1.14 bits per heavy atom. The van der Waals surface area contributed by atoms with Gasteiger partial charge in [0.05, 0.1) is 6.04 Å². The van der Waals surface area contributed by atoms with E-state index in [1.807, 2.05) is 6.07 Å². The van der Waals surface area contributed by atoms with Crippen LogP contribution in [0.2, 0.25) is 0 Å². The number of hydrogen-bond acceptors (Lipinski definition) is 3. The van der Waals surface area contributed by atoms with Crippen molar-refractivity contribution in [1.29, 1.82) is 0 Å². The van der Waals surface area contributed by atoms with Crippen molar-refractivity contribution in [3.05, 3.63) is 29.3 Å². The van der Waals surface area contributed by atoms with Crippen molar-refractivity contribution in [2.24, 2.45) is 0 Å². The van der Waals surface area contributed by atoms with Gasteiger partial charge < -0.3 is 15.2 Å². The second-order valence-electron chi connectivity index (χ2n) is 7.87. The maximum atomic E-state index is 10.7. The summed E-state index contributed by atoms with van der Waals surface area (Å²) >= 11 is 0. The number of ether oxygens (including phenoxy) is 1. The van der Waals surface area contributed by atoms with Gasteiger partial charge in [0.25, 0.3) is 0 Å². The average Bonchev–Trinajstić information content (AvgIpc) is 2.50. The van der Waals surface area contributed by atoms with E-state index in [9.17, 15) is 5.11 Å². The fraction of sp³-hybridized carbons (Fsp3) is 0.684. The molecule has 3 nitrogen and oxygen atoms in total.